The average molecular weight is 368 g/mol. The summed E-state index contributed by atoms with van der Waals surface area (Å²) in [6, 6.07) is 3.62. The third-order valence-electron chi connectivity index (χ3n) is 6.36. The average Bonchev–Trinajstić information content (AvgIpc) is 3.11. The fraction of sp³-hybridized carbons (Fsp3) is 0.579. The minimum Gasteiger partial charge on any atom is -0.349 e. The van der Waals surface area contributed by atoms with Crippen LogP contribution in [0.3, 0.4) is 0 Å². The maximum absolute atomic E-state index is 13.1. The number of nitrogens with zero attached hydrogens (tertiary/aromatic N) is 3. The Morgan fingerprint density at radius 3 is 3.15 bits per heavy atom. The van der Waals surface area contributed by atoms with Crippen LogP contribution in [0.1, 0.15) is 31.4 Å². The number of carbonyl (C=O) groups is 2. The maximum atomic E-state index is 13.1. The van der Waals surface area contributed by atoms with Gasteiger partial charge in [0.1, 0.15) is 6.04 Å². The normalized spacial score (nSPS) is 30.2. The summed E-state index contributed by atoms with van der Waals surface area (Å²) < 4.78 is 0. The Morgan fingerprint density at radius 2 is 2.22 bits per heavy atom. The van der Waals surface area contributed by atoms with Gasteiger partial charge in [-0.15, -0.1) is 0 Å². The van der Waals surface area contributed by atoms with Crippen molar-refractivity contribution in [2.45, 2.75) is 44.3 Å². The van der Waals surface area contributed by atoms with Gasteiger partial charge >= 0.3 is 0 Å². The van der Waals surface area contributed by atoms with Crippen LogP contribution in [0.15, 0.2) is 18.3 Å². The zero-order valence-corrected chi connectivity index (χ0v) is 15.1. The third kappa shape index (κ3) is 2.79. The summed E-state index contributed by atoms with van der Waals surface area (Å²) >= 11 is 0. The van der Waals surface area contributed by atoms with Crippen LogP contribution >= 0.6 is 0 Å². The molecule has 0 aromatic carbocycles. The van der Waals surface area contributed by atoms with Crippen molar-refractivity contribution >= 4 is 22.8 Å². The van der Waals surface area contributed by atoms with Gasteiger partial charge in [-0.05, 0) is 43.9 Å². The van der Waals surface area contributed by atoms with Crippen LogP contribution in [0, 0.1) is 11.8 Å². The zero-order valence-electron chi connectivity index (χ0n) is 15.1. The number of rotatable bonds is 3. The van der Waals surface area contributed by atoms with E-state index in [1.54, 1.807) is 6.20 Å². The quantitative estimate of drug-likeness (QED) is 0.735. The molecule has 5 heterocycles. The summed E-state index contributed by atoms with van der Waals surface area (Å²) in [5.41, 5.74) is 1.48. The van der Waals surface area contributed by atoms with Crippen LogP contribution in [0.25, 0.3) is 11.0 Å². The Balaban J connectivity index is 1.37. The summed E-state index contributed by atoms with van der Waals surface area (Å²) in [5, 5.41) is 14.6. The monoisotopic (exact) mass is 368 g/mol. The molecule has 2 amide bonds. The van der Waals surface area contributed by atoms with E-state index in [2.05, 4.69) is 25.8 Å². The molecule has 142 valence electrons. The molecule has 0 radical (unpaired) electrons. The Morgan fingerprint density at radius 1 is 1.33 bits per heavy atom. The molecule has 5 rings (SSSR count). The van der Waals surface area contributed by atoms with Gasteiger partial charge in [0.05, 0.1) is 12.2 Å². The zero-order chi connectivity index (χ0) is 18.4. The van der Waals surface area contributed by atoms with Gasteiger partial charge in [0, 0.05) is 36.5 Å². The van der Waals surface area contributed by atoms with E-state index in [0.717, 1.165) is 43.4 Å². The molecule has 3 saturated heterocycles. The molecule has 2 aromatic heterocycles. The summed E-state index contributed by atoms with van der Waals surface area (Å²) in [4.78, 5) is 32.0. The molecule has 0 spiro atoms. The van der Waals surface area contributed by atoms with E-state index >= 15 is 0 Å². The lowest BCUT2D eigenvalue weighted by Crippen LogP contribution is -2.67. The lowest BCUT2D eigenvalue weighted by Gasteiger charge is -2.53. The summed E-state index contributed by atoms with van der Waals surface area (Å²) in [5.74, 6) is 0.732. The van der Waals surface area contributed by atoms with Crippen molar-refractivity contribution < 1.29 is 9.59 Å². The van der Waals surface area contributed by atoms with Crippen molar-refractivity contribution in [2.24, 2.45) is 11.8 Å². The van der Waals surface area contributed by atoms with Crippen molar-refractivity contribution in [3.63, 3.8) is 0 Å². The molecular weight excluding hydrogens is 344 g/mol. The van der Waals surface area contributed by atoms with Gasteiger partial charge in [0.15, 0.2) is 5.65 Å². The number of piperidine rings is 3. The fourth-order valence-electron chi connectivity index (χ4n) is 5.17. The third-order valence-corrected chi connectivity index (χ3v) is 6.36. The molecule has 8 heteroatoms. The molecule has 3 aliphatic heterocycles. The first-order valence-corrected chi connectivity index (χ1v) is 9.80. The first kappa shape index (κ1) is 16.7. The maximum Gasteiger partial charge on any atom is 0.243 e. The second-order valence-electron chi connectivity index (χ2n) is 7.91. The molecule has 27 heavy (non-hydrogen) atoms. The second kappa shape index (κ2) is 6.60. The van der Waals surface area contributed by atoms with Crippen LogP contribution in [0.4, 0.5) is 0 Å². The molecule has 0 aliphatic carbocycles. The predicted octanol–water partition coefficient (Wildman–Crippen LogP) is 0.563. The van der Waals surface area contributed by atoms with E-state index in [9.17, 15) is 9.59 Å². The summed E-state index contributed by atoms with van der Waals surface area (Å²) in [6.45, 7) is 2.10. The van der Waals surface area contributed by atoms with Gasteiger partial charge in [0.25, 0.3) is 0 Å². The molecule has 3 fully saturated rings. The van der Waals surface area contributed by atoms with Gasteiger partial charge in [0.2, 0.25) is 11.8 Å². The molecule has 8 nitrogen and oxygen atoms in total. The number of amides is 2. The van der Waals surface area contributed by atoms with Gasteiger partial charge in [-0.25, -0.2) is 4.98 Å². The van der Waals surface area contributed by atoms with Crippen molar-refractivity contribution in [1.29, 1.82) is 0 Å². The first-order valence-electron chi connectivity index (χ1n) is 9.80. The summed E-state index contributed by atoms with van der Waals surface area (Å²) in [6.07, 6.45) is 5.22. The number of H-pyrrole nitrogens is 1. The summed E-state index contributed by atoms with van der Waals surface area (Å²) in [7, 11) is 0. The predicted molar refractivity (Wildman–Crippen MR) is 98.5 cm³/mol. The minimum atomic E-state index is -0.376. The minimum absolute atomic E-state index is 0.0611. The van der Waals surface area contributed by atoms with Crippen molar-refractivity contribution in [2.75, 3.05) is 13.1 Å². The van der Waals surface area contributed by atoms with Gasteiger partial charge in [-0.1, -0.05) is 0 Å². The highest BCUT2D eigenvalue weighted by molar-refractivity contribution is 5.89. The highest BCUT2D eigenvalue weighted by Gasteiger charge is 2.50. The number of pyridine rings is 1. The number of nitrogens with one attached hydrogen (secondary N) is 3. The van der Waals surface area contributed by atoms with E-state index in [-0.39, 0.29) is 29.8 Å². The largest absolute Gasteiger partial charge is 0.349 e. The Bertz CT molecular complexity index is 880. The first-order chi connectivity index (χ1) is 13.2. The van der Waals surface area contributed by atoms with Gasteiger partial charge in [-0.2, -0.15) is 5.10 Å². The highest BCUT2D eigenvalue weighted by atomic mass is 16.2. The standard InChI is InChI=1S/C19H24N6O2/c26-16-5-1-4-15-11-7-12(9-20-8-11)17(25(15)16)19(27)22-10-14-13-3-2-6-21-18(13)24-23-14/h2-3,6,11-12,15,17,20H,1,4-5,7-10H2,(H,22,27)(H,21,23,24)/t11-,12+,15+,17-/m1/s1. The fourth-order valence-corrected chi connectivity index (χ4v) is 5.17. The van der Waals surface area contributed by atoms with Crippen LogP contribution in [-0.4, -0.2) is 57.1 Å². The van der Waals surface area contributed by atoms with E-state index in [1.165, 1.54) is 0 Å². The lowest BCUT2D eigenvalue weighted by molar-refractivity contribution is -0.157. The number of fused-ring (bicyclic) bond motifs is 5. The number of carbonyl (C=O) groups excluding carboxylic acids is 2. The van der Waals surface area contributed by atoms with Gasteiger partial charge < -0.3 is 15.5 Å². The SMILES string of the molecule is O=C(NCc1[nH]nc2ncccc12)[C@H]1[C@@H]2CNC[C@@H](C2)[C@@H]2CCCC(=O)N21. The topological polar surface area (TPSA) is 103 Å². The van der Waals surface area contributed by atoms with E-state index in [0.29, 0.717) is 24.5 Å². The smallest absolute Gasteiger partial charge is 0.243 e. The van der Waals surface area contributed by atoms with Crippen LogP contribution in [-0.2, 0) is 16.1 Å². The number of hydrogen-bond acceptors (Lipinski definition) is 5. The van der Waals surface area contributed by atoms with Crippen LogP contribution < -0.4 is 10.6 Å². The number of hydrogen-bond donors (Lipinski definition) is 3. The molecular formula is C19H24N6O2. The van der Waals surface area contributed by atoms with E-state index in [1.807, 2.05) is 17.0 Å². The molecule has 0 unspecified atom stereocenters. The van der Waals surface area contributed by atoms with Gasteiger partial charge in [-0.3, -0.25) is 14.7 Å². The second-order valence-corrected chi connectivity index (χ2v) is 7.91. The van der Waals surface area contributed by atoms with E-state index < -0.39 is 0 Å². The number of aromatic amines is 1. The molecule has 3 aliphatic rings. The molecule has 2 bridgehead atoms. The lowest BCUT2D eigenvalue weighted by atomic mass is 9.72. The Hall–Kier alpha value is -2.48. The Labute approximate surface area is 157 Å². The highest BCUT2D eigenvalue weighted by Crippen LogP contribution is 2.39. The Kier molecular flexibility index (Phi) is 4.07. The van der Waals surface area contributed by atoms with Crippen molar-refractivity contribution in [1.82, 2.24) is 30.7 Å². The molecule has 2 aromatic rings. The molecule has 4 atom stereocenters. The molecule has 0 saturated carbocycles. The molecule has 3 N–H and O–H groups in total. The number of aromatic nitrogens is 3. The van der Waals surface area contributed by atoms with Crippen LogP contribution in [0.5, 0.6) is 0 Å². The van der Waals surface area contributed by atoms with E-state index in [4.69, 9.17) is 0 Å². The van der Waals surface area contributed by atoms with Crippen molar-refractivity contribution in [3.8, 4) is 0 Å². The van der Waals surface area contributed by atoms with Crippen molar-refractivity contribution in [3.05, 3.63) is 24.0 Å². The van der Waals surface area contributed by atoms with Crippen LogP contribution in [0.2, 0.25) is 0 Å².